The molecule has 0 aliphatic heterocycles. The molecule has 7 nitrogen and oxygen atoms in total. The number of carboxylic acid groups (broad SMARTS) is 1. The molecule has 0 aliphatic carbocycles. The Labute approximate surface area is 174 Å². The lowest BCUT2D eigenvalue weighted by Gasteiger charge is -2.18. The maximum absolute atomic E-state index is 12.6. The predicted molar refractivity (Wildman–Crippen MR) is 110 cm³/mol. The van der Waals surface area contributed by atoms with Crippen LogP contribution in [0.4, 0.5) is 0 Å². The van der Waals surface area contributed by atoms with Gasteiger partial charge in [-0.15, -0.1) is 0 Å². The van der Waals surface area contributed by atoms with Crippen LogP contribution in [0, 0.1) is 0 Å². The zero-order valence-electron chi connectivity index (χ0n) is 16.4. The van der Waals surface area contributed by atoms with Gasteiger partial charge in [0, 0.05) is 19.0 Å². The molecule has 2 amide bonds. The Morgan fingerprint density at radius 1 is 1.07 bits per heavy atom. The summed E-state index contributed by atoms with van der Waals surface area (Å²) in [5, 5.41) is 14.5. The summed E-state index contributed by atoms with van der Waals surface area (Å²) in [6.07, 6.45) is 0.144. The molecular formula is C21H23ClN2O5. The molecule has 3 N–H and O–H groups in total. The SMILES string of the molecule is CNC(=O)[C@H](Cc1ccc(C(=O)O)cc1)NC(=O)c1ccc(OC(C)C)c(Cl)c1. The minimum absolute atomic E-state index is 0.0580. The Kier molecular flexibility index (Phi) is 7.61. The standard InChI is InChI=1S/C21H23ClN2O5/c1-12(2)29-18-9-8-15(11-16(18)22)19(25)24-17(20(26)23-3)10-13-4-6-14(7-5-13)21(27)28/h4-9,11-12,17H,10H2,1-3H3,(H,23,26)(H,24,25)(H,27,28)/t17-/m0/s1. The van der Waals surface area contributed by atoms with Gasteiger partial charge in [-0.05, 0) is 49.7 Å². The first kappa shape index (κ1) is 22.2. The number of halogens is 1. The van der Waals surface area contributed by atoms with E-state index < -0.39 is 17.9 Å². The van der Waals surface area contributed by atoms with E-state index in [2.05, 4.69) is 10.6 Å². The molecule has 0 aromatic heterocycles. The van der Waals surface area contributed by atoms with Crippen LogP contribution < -0.4 is 15.4 Å². The molecule has 29 heavy (non-hydrogen) atoms. The molecule has 0 saturated carbocycles. The largest absolute Gasteiger partial charge is 0.489 e. The van der Waals surface area contributed by atoms with Crippen molar-refractivity contribution >= 4 is 29.4 Å². The van der Waals surface area contributed by atoms with Crippen molar-refractivity contribution in [2.75, 3.05) is 7.05 Å². The molecule has 0 unspecified atom stereocenters. The molecule has 0 aliphatic rings. The molecular weight excluding hydrogens is 396 g/mol. The fourth-order valence-corrected chi connectivity index (χ4v) is 2.86. The normalized spacial score (nSPS) is 11.6. The summed E-state index contributed by atoms with van der Waals surface area (Å²) in [5.41, 5.74) is 1.15. The van der Waals surface area contributed by atoms with Crippen LogP contribution in [0.15, 0.2) is 42.5 Å². The predicted octanol–water partition coefficient (Wildman–Crippen LogP) is 2.91. The van der Waals surface area contributed by atoms with Gasteiger partial charge in [0.2, 0.25) is 5.91 Å². The minimum atomic E-state index is -1.03. The van der Waals surface area contributed by atoms with Crippen molar-refractivity contribution in [3.05, 3.63) is 64.2 Å². The molecule has 2 aromatic carbocycles. The molecule has 0 radical (unpaired) electrons. The molecule has 154 valence electrons. The third-order valence-electron chi connectivity index (χ3n) is 4.07. The van der Waals surface area contributed by atoms with Gasteiger partial charge in [0.25, 0.3) is 5.91 Å². The number of rotatable bonds is 8. The van der Waals surface area contributed by atoms with Gasteiger partial charge in [-0.3, -0.25) is 9.59 Å². The van der Waals surface area contributed by atoms with Crippen LogP contribution in [0.2, 0.25) is 5.02 Å². The van der Waals surface area contributed by atoms with Crippen molar-refractivity contribution in [3.8, 4) is 5.75 Å². The first-order valence-electron chi connectivity index (χ1n) is 9.02. The molecule has 0 bridgehead atoms. The fourth-order valence-electron chi connectivity index (χ4n) is 2.64. The molecule has 1 atom stereocenters. The third-order valence-corrected chi connectivity index (χ3v) is 4.36. The number of nitrogens with one attached hydrogen (secondary N) is 2. The van der Waals surface area contributed by atoms with E-state index in [1.165, 1.54) is 25.2 Å². The highest BCUT2D eigenvalue weighted by molar-refractivity contribution is 6.32. The number of aromatic carboxylic acids is 1. The van der Waals surface area contributed by atoms with Gasteiger partial charge < -0.3 is 20.5 Å². The van der Waals surface area contributed by atoms with Crippen molar-refractivity contribution < 1.29 is 24.2 Å². The maximum Gasteiger partial charge on any atom is 0.335 e. The number of carbonyl (C=O) groups excluding carboxylic acids is 2. The van der Waals surface area contributed by atoms with E-state index in [4.69, 9.17) is 21.4 Å². The topological polar surface area (TPSA) is 105 Å². The summed E-state index contributed by atoms with van der Waals surface area (Å²) in [7, 11) is 1.48. The first-order valence-corrected chi connectivity index (χ1v) is 9.40. The Morgan fingerprint density at radius 3 is 2.21 bits per heavy atom. The second kappa shape index (κ2) is 9.93. The number of amides is 2. The Hall–Kier alpha value is -3.06. The molecule has 2 aromatic rings. The highest BCUT2D eigenvalue weighted by Gasteiger charge is 2.22. The van der Waals surface area contributed by atoms with Gasteiger partial charge in [0.05, 0.1) is 16.7 Å². The van der Waals surface area contributed by atoms with Gasteiger partial charge >= 0.3 is 5.97 Å². The lowest BCUT2D eigenvalue weighted by atomic mass is 10.0. The van der Waals surface area contributed by atoms with Crippen LogP contribution in [0.3, 0.4) is 0 Å². The average Bonchev–Trinajstić information content (AvgIpc) is 2.68. The highest BCUT2D eigenvalue weighted by Crippen LogP contribution is 2.26. The van der Waals surface area contributed by atoms with Crippen molar-refractivity contribution in [2.24, 2.45) is 0 Å². The second-order valence-corrected chi connectivity index (χ2v) is 7.07. The van der Waals surface area contributed by atoms with E-state index in [-0.39, 0.29) is 24.0 Å². The first-order chi connectivity index (χ1) is 13.7. The van der Waals surface area contributed by atoms with Crippen LogP contribution in [0.25, 0.3) is 0 Å². The molecule has 0 heterocycles. The van der Waals surface area contributed by atoms with Crippen molar-refractivity contribution in [1.82, 2.24) is 10.6 Å². The van der Waals surface area contributed by atoms with E-state index in [1.54, 1.807) is 24.3 Å². The van der Waals surface area contributed by atoms with E-state index in [1.807, 2.05) is 13.8 Å². The van der Waals surface area contributed by atoms with Gasteiger partial charge in [-0.25, -0.2) is 4.79 Å². The summed E-state index contributed by atoms with van der Waals surface area (Å²) in [5.74, 6) is -1.39. The summed E-state index contributed by atoms with van der Waals surface area (Å²) < 4.78 is 5.55. The lowest BCUT2D eigenvalue weighted by molar-refractivity contribution is -0.122. The Balaban J connectivity index is 2.15. The zero-order valence-corrected chi connectivity index (χ0v) is 17.1. The van der Waals surface area contributed by atoms with E-state index in [9.17, 15) is 14.4 Å². The van der Waals surface area contributed by atoms with Gasteiger partial charge in [-0.1, -0.05) is 23.7 Å². The molecule has 8 heteroatoms. The molecule has 0 fully saturated rings. The van der Waals surface area contributed by atoms with Crippen LogP contribution in [0.5, 0.6) is 5.75 Å². The Morgan fingerprint density at radius 2 is 1.69 bits per heavy atom. The minimum Gasteiger partial charge on any atom is -0.489 e. The lowest BCUT2D eigenvalue weighted by Crippen LogP contribution is -2.47. The van der Waals surface area contributed by atoms with Crippen molar-refractivity contribution in [3.63, 3.8) is 0 Å². The fraction of sp³-hybridized carbons (Fsp3) is 0.286. The number of likely N-dealkylation sites (N-methyl/N-ethyl adjacent to an activating group) is 1. The van der Waals surface area contributed by atoms with Gasteiger partial charge in [-0.2, -0.15) is 0 Å². The highest BCUT2D eigenvalue weighted by atomic mass is 35.5. The van der Waals surface area contributed by atoms with Crippen LogP contribution in [0.1, 0.15) is 40.1 Å². The van der Waals surface area contributed by atoms with Gasteiger partial charge in [0.1, 0.15) is 11.8 Å². The van der Waals surface area contributed by atoms with Crippen LogP contribution >= 0.6 is 11.6 Å². The Bertz CT molecular complexity index is 896. The van der Waals surface area contributed by atoms with Crippen molar-refractivity contribution in [2.45, 2.75) is 32.4 Å². The summed E-state index contributed by atoms with van der Waals surface area (Å²) in [6, 6.07) is 9.95. The van der Waals surface area contributed by atoms with E-state index >= 15 is 0 Å². The molecule has 2 rings (SSSR count). The third kappa shape index (κ3) is 6.22. The van der Waals surface area contributed by atoms with Crippen LogP contribution in [-0.2, 0) is 11.2 Å². The second-order valence-electron chi connectivity index (χ2n) is 6.66. The number of carboxylic acids is 1. The quantitative estimate of drug-likeness (QED) is 0.611. The molecule has 0 saturated heterocycles. The van der Waals surface area contributed by atoms with E-state index in [0.717, 1.165) is 0 Å². The van der Waals surface area contributed by atoms with E-state index in [0.29, 0.717) is 21.9 Å². The number of carbonyl (C=O) groups is 3. The summed E-state index contributed by atoms with van der Waals surface area (Å²) in [6.45, 7) is 3.74. The molecule has 0 spiro atoms. The smallest absolute Gasteiger partial charge is 0.335 e. The number of hydrogen-bond acceptors (Lipinski definition) is 4. The summed E-state index contributed by atoms with van der Waals surface area (Å²) >= 11 is 6.18. The number of hydrogen-bond donors (Lipinski definition) is 3. The monoisotopic (exact) mass is 418 g/mol. The summed E-state index contributed by atoms with van der Waals surface area (Å²) in [4.78, 5) is 35.8. The zero-order chi connectivity index (χ0) is 21.6. The van der Waals surface area contributed by atoms with Crippen molar-refractivity contribution in [1.29, 1.82) is 0 Å². The number of benzene rings is 2. The van der Waals surface area contributed by atoms with Gasteiger partial charge in [0.15, 0.2) is 0 Å². The van der Waals surface area contributed by atoms with Crippen LogP contribution in [-0.4, -0.2) is 42.1 Å². The average molecular weight is 419 g/mol. The number of ether oxygens (including phenoxy) is 1. The maximum atomic E-state index is 12.6.